The van der Waals surface area contributed by atoms with Crippen LogP contribution >= 0.6 is 11.7 Å². The number of nitrogens with one attached hydrogen (secondary N) is 1. The maximum Gasteiger partial charge on any atom is 0.236 e. The Bertz CT molecular complexity index is 1260. The number of ether oxygens (including phenoxy) is 2. The van der Waals surface area contributed by atoms with Crippen LogP contribution in [0, 0.1) is 0 Å². The molecule has 2 aliphatic rings. The van der Waals surface area contributed by atoms with Crippen LogP contribution in [0.15, 0.2) is 47.0 Å². The second-order valence-corrected chi connectivity index (χ2v) is 7.65. The van der Waals surface area contributed by atoms with Gasteiger partial charge in [0.25, 0.3) is 0 Å². The molecule has 0 unspecified atom stereocenters. The zero-order valence-corrected chi connectivity index (χ0v) is 15.9. The molecule has 9 heteroatoms. The van der Waals surface area contributed by atoms with Crippen LogP contribution in [0.2, 0.25) is 0 Å². The summed E-state index contributed by atoms with van der Waals surface area (Å²) in [6.45, 7) is 0.213. The highest BCUT2D eigenvalue weighted by Crippen LogP contribution is 2.49. The van der Waals surface area contributed by atoms with E-state index in [9.17, 15) is 4.79 Å². The summed E-state index contributed by atoms with van der Waals surface area (Å²) in [7, 11) is 0. The minimum absolute atomic E-state index is 0.108. The number of aromatic nitrogens is 3. The van der Waals surface area contributed by atoms with Crippen LogP contribution in [-0.4, -0.2) is 26.6 Å². The molecule has 6 rings (SSSR count). The Morgan fingerprint density at radius 3 is 2.86 bits per heavy atom. The predicted octanol–water partition coefficient (Wildman–Crippen LogP) is 3.75. The van der Waals surface area contributed by atoms with Crippen molar-refractivity contribution in [1.29, 1.82) is 0 Å². The molecule has 144 valence electrons. The van der Waals surface area contributed by atoms with Crippen LogP contribution in [0.5, 0.6) is 11.5 Å². The van der Waals surface area contributed by atoms with Gasteiger partial charge >= 0.3 is 0 Å². The van der Waals surface area contributed by atoms with Crippen molar-refractivity contribution < 1.29 is 18.8 Å². The van der Waals surface area contributed by atoms with Crippen LogP contribution in [0.4, 0.5) is 5.69 Å². The van der Waals surface area contributed by atoms with Gasteiger partial charge in [-0.25, -0.2) is 0 Å². The zero-order valence-electron chi connectivity index (χ0n) is 15.0. The van der Waals surface area contributed by atoms with E-state index < -0.39 is 5.41 Å². The lowest BCUT2D eigenvalue weighted by molar-refractivity contribution is -0.118. The van der Waals surface area contributed by atoms with Gasteiger partial charge in [0.2, 0.25) is 12.7 Å². The molecule has 0 saturated heterocycles. The maximum absolute atomic E-state index is 13.1. The van der Waals surface area contributed by atoms with Crippen molar-refractivity contribution in [3.8, 4) is 22.8 Å². The third-order valence-electron chi connectivity index (χ3n) is 5.38. The molecule has 2 aromatic heterocycles. The molecule has 1 amide bonds. The molecule has 0 bridgehead atoms. The van der Waals surface area contributed by atoms with E-state index in [0.717, 1.165) is 35.6 Å². The van der Waals surface area contributed by atoms with Gasteiger partial charge in [0.1, 0.15) is 11.0 Å². The predicted molar refractivity (Wildman–Crippen MR) is 105 cm³/mol. The maximum atomic E-state index is 13.1. The van der Waals surface area contributed by atoms with Gasteiger partial charge in [-0.3, -0.25) is 4.79 Å². The molecule has 1 aliphatic carbocycles. The highest BCUT2D eigenvalue weighted by Gasteiger charge is 2.54. The normalized spacial score (nSPS) is 16.1. The SMILES string of the molecule is O=C(Nc1cccc2nsnc12)C1(c2cc(-c3ccc4c(c3)OCO4)on2)CC1. The van der Waals surface area contributed by atoms with Crippen molar-refractivity contribution in [2.45, 2.75) is 18.3 Å². The molecule has 0 atom stereocenters. The fourth-order valence-electron chi connectivity index (χ4n) is 3.56. The molecule has 0 spiro atoms. The Morgan fingerprint density at radius 1 is 1.07 bits per heavy atom. The molecule has 8 nitrogen and oxygen atoms in total. The summed E-state index contributed by atoms with van der Waals surface area (Å²) < 4.78 is 24.8. The Hall–Kier alpha value is -3.46. The summed E-state index contributed by atoms with van der Waals surface area (Å²) in [4.78, 5) is 13.1. The molecule has 1 aliphatic heterocycles. The van der Waals surface area contributed by atoms with Gasteiger partial charge in [0.15, 0.2) is 17.3 Å². The lowest BCUT2D eigenvalue weighted by Gasteiger charge is -2.12. The highest BCUT2D eigenvalue weighted by molar-refractivity contribution is 7.00. The van der Waals surface area contributed by atoms with E-state index in [1.807, 2.05) is 42.5 Å². The van der Waals surface area contributed by atoms with E-state index in [2.05, 4.69) is 19.2 Å². The standard InChI is InChI=1S/C20H14N4O4S/c25-19(21-12-2-1-3-13-18(12)24-29-23-13)20(6-7-20)17-9-15(28-22-17)11-4-5-14-16(8-11)27-10-26-14/h1-5,8-9H,6-7,10H2,(H,21,25). The van der Waals surface area contributed by atoms with E-state index in [0.29, 0.717) is 34.2 Å². The molecule has 2 aromatic carbocycles. The van der Waals surface area contributed by atoms with Crippen molar-refractivity contribution in [2.75, 3.05) is 12.1 Å². The van der Waals surface area contributed by atoms with Gasteiger partial charge in [-0.15, -0.1) is 0 Å². The fraction of sp³-hybridized carbons (Fsp3) is 0.200. The molecule has 4 aromatic rings. The van der Waals surface area contributed by atoms with Crippen LogP contribution in [0.3, 0.4) is 0 Å². The molecule has 1 N–H and O–H groups in total. The first kappa shape index (κ1) is 16.5. The minimum atomic E-state index is -0.677. The Morgan fingerprint density at radius 2 is 1.97 bits per heavy atom. The Kier molecular flexibility index (Phi) is 3.42. The lowest BCUT2D eigenvalue weighted by Crippen LogP contribution is -2.28. The van der Waals surface area contributed by atoms with Crippen LogP contribution < -0.4 is 14.8 Å². The van der Waals surface area contributed by atoms with Gasteiger partial charge in [0, 0.05) is 11.6 Å². The van der Waals surface area contributed by atoms with Gasteiger partial charge in [-0.05, 0) is 43.2 Å². The number of hydrogen-bond donors (Lipinski definition) is 1. The van der Waals surface area contributed by atoms with Crippen molar-refractivity contribution in [3.63, 3.8) is 0 Å². The molecule has 3 heterocycles. The van der Waals surface area contributed by atoms with E-state index in [1.54, 1.807) is 0 Å². The van der Waals surface area contributed by atoms with Crippen LogP contribution in [0.25, 0.3) is 22.4 Å². The summed E-state index contributed by atoms with van der Waals surface area (Å²) >= 11 is 1.13. The van der Waals surface area contributed by atoms with E-state index in [4.69, 9.17) is 14.0 Å². The molecular formula is C20H14N4O4S. The van der Waals surface area contributed by atoms with E-state index in [1.165, 1.54) is 0 Å². The second-order valence-electron chi connectivity index (χ2n) is 7.12. The number of amides is 1. The quantitative estimate of drug-likeness (QED) is 0.551. The smallest absolute Gasteiger partial charge is 0.236 e. The van der Waals surface area contributed by atoms with Gasteiger partial charge in [-0.2, -0.15) is 8.75 Å². The number of rotatable bonds is 4. The van der Waals surface area contributed by atoms with Crippen LogP contribution in [0.1, 0.15) is 18.5 Å². The second kappa shape index (κ2) is 6.02. The van der Waals surface area contributed by atoms with Gasteiger partial charge in [-0.1, -0.05) is 11.2 Å². The molecular weight excluding hydrogens is 392 g/mol. The Labute approximate surface area is 168 Å². The first-order chi connectivity index (χ1) is 14.2. The zero-order chi connectivity index (χ0) is 19.4. The fourth-order valence-corrected chi connectivity index (χ4v) is 4.11. The molecule has 1 fully saturated rings. The summed E-state index contributed by atoms with van der Waals surface area (Å²) in [5, 5.41) is 7.20. The van der Waals surface area contributed by atoms with Gasteiger partial charge < -0.3 is 19.3 Å². The highest BCUT2D eigenvalue weighted by atomic mass is 32.1. The number of hydrogen-bond acceptors (Lipinski definition) is 8. The van der Waals surface area contributed by atoms with E-state index in [-0.39, 0.29) is 12.7 Å². The molecule has 0 radical (unpaired) electrons. The van der Waals surface area contributed by atoms with Gasteiger partial charge in [0.05, 0.1) is 28.5 Å². The average molecular weight is 406 g/mol. The van der Waals surface area contributed by atoms with Crippen molar-refractivity contribution in [1.82, 2.24) is 13.9 Å². The van der Waals surface area contributed by atoms with E-state index >= 15 is 0 Å². The first-order valence-corrected chi connectivity index (χ1v) is 9.86. The monoisotopic (exact) mass is 406 g/mol. The summed E-state index contributed by atoms with van der Waals surface area (Å²) in [6.07, 6.45) is 1.44. The number of fused-ring (bicyclic) bond motifs is 2. The third-order valence-corrected chi connectivity index (χ3v) is 5.92. The Balaban J connectivity index is 1.28. The largest absolute Gasteiger partial charge is 0.454 e. The molecule has 29 heavy (non-hydrogen) atoms. The topological polar surface area (TPSA) is 99.4 Å². The van der Waals surface area contributed by atoms with Crippen molar-refractivity contribution in [2.24, 2.45) is 0 Å². The summed E-state index contributed by atoms with van der Waals surface area (Å²) in [6, 6.07) is 13.0. The van der Waals surface area contributed by atoms with Crippen molar-refractivity contribution in [3.05, 3.63) is 48.2 Å². The number of carbonyl (C=O) groups is 1. The van der Waals surface area contributed by atoms with Crippen LogP contribution in [-0.2, 0) is 10.2 Å². The number of nitrogens with zero attached hydrogens (tertiary/aromatic N) is 3. The third kappa shape index (κ3) is 2.58. The van der Waals surface area contributed by atoms with Crippen molar-refractivity contribution >= 4 is 34.4 Å². The summed E-state index contributed by atoms with van der Waals surface area (Å²) in [5.74, 6) is 1.85. The minimum Gasteiger partial charge on any atom is -0.454 e. The average Bonchev–Trinajstić information content (AvgIpc) is 3.13. The number of anilines is 1. The molecule has 1 saturated carbocycles. The summed E-state index contributed by atoms with van der Waals surface area (Å²) in [5.41, 5.74) is 2.90. The lowest BCUT2D eigenvalue weighted by atomic mass is 10.00. The number of carbonyl (C=O) groups excluding carboxylic acids is 1. The number of benzene rings is 2. The first-order valence-electron chi connectivity index (χ1n) is 9.13.